The van der Waals surface area contributed by atoms with Crippen LogP contribution in [0, 0.1) is 0 Å². The van der Waals surface area contributed by atoms with Crippen LogP contribution in [0.25, 0.3) is 0 Å². The Morgan fingerprint density at radius 2 is 2.22 bits per heavy atom. The van der Waals surface area contributed by atoms with Gasteiger partial charge in [-0.15, -0.1) is 0 Å². The number of nitrogens with zero attached hydrogens (tertiary/aromatic N) is 1. The van der Waals surface area contributed by atoms with E-state index in [0.29, 0.717) is 6.10 Å². The summed E-state index contributed by atoms with van der Waals surface area (Å²) < 4.78 is 11.4. The average Bonchev–Trinajstić information content (AvgIpc) is 2.37. The molecule has 0 bridgehead atoms. The zero-order chi connectivity index (χ0) is 13.2. The van der Waals surface area contributed by atoms with Crippen LogP contribution in [-0.2, 0) is 9.47 Å². The third kappa shape index (κ3) is 2.87. The van der Waals surface area contributed by atoms with E-state index in [2.05, 4.69) is 18.7 Å². The van der Waals surface area contributed by atoms with Gasteiger partial charge in [0, 0.05) is 32.3 Å². The fraction of sp³-hybridized carbons (Fsp3) is 1.00. The highest BCUT2D eigenvalue weighted by Crippen LogP contribution is 2.36. The number of morpholine rings is 1. The molecule has 0 aromatic rings. The van der Waals surface area contributed by atoms with Gasteiger partial charge in [-0.3, -0.25) is 4.90 Å². The van der Waals surface area contributed by atoms with Gasteiger partial charge in [0.2, 0.25) is 0 Å². The highest BCUT2D eigenvalue weighted by Gasteiger charge is 2.43. The standard InChI is InChI=1S/C14H28N2O2/c1-13(2)11-16(7-8-18-13)14(10-15)6-4-5-12(9-14)17-3/h12H,4-11,15H2,1-3H3. The first-order valence-corrected chi connectivity index (χ1v) is 7.13. The van der Waals surface area contributed by atoms with Gasteiger partial charge in [-0.05, 0) is 39.5 Å². The summed E-state index contributed by atoms with van der Waals surface area (Å²) in [7, 11) is 1.82. The van der Waals surface area contributed by atoms with E-state index in [-0.39, 0.29) is 11.1 Å². The minimum Gasteiger partial charge on any atom is -0.381 e. The van der Waals surface area contributed by atoms with Crippen LogP contribution in [0.4, 0.5) is 0 Å². The predicted octanol–water partition coefficient (Wildman–Crippen LogP) is 1.38. The molecule has 2 atom stereocenters. The Balaban J connectivity index is 2.11. The summed E-state index contributed by atoms with van der Waals surface area (Å²) in [5, 5.41) is 0. The van der Waals surface area contributed by atoms with Gasteiger partial charge in [-0.25, -0.2) is 0 Å². The highest BCUT2D eigenvalue weighted by molar-refractivity contribution is 4.99. The molecule has 0 aromatic heterocycles. The Hall–Kier alpha value is -0.160. The maximum Gasteiger partial charge on any atom is 0.0753 e. The fourth-order valence-electron chi connectivity index (χ4n) is 3.51. The Kier molecular flexibility index (Phi) is 4.32. The lowest BCUT2D eigenvalue weighted by atomic mass is 9.78. The number of ether oxygens (including phenoxy) is 2. The lowest BCUT2D eigenvalue weighted by molar-refractivity contribution is -0.131. The van der Waals surface area contributed by atoms with E-state index >= 15 is 0 Å². The van der Waals surface area contributed by atoms with Crippen molar-refractivity contribution in [1.29, 1.82) is 0 Å². The van der Waals surface area contributed by atoms with Crippen molar-refractivity contribution in [3.05, 3.63) is 0 Å². The summed E-state index contributed by atoms with van der Waals surface area (Å²) in [5.74, 6) is 0. The predicted molar refractivity (Wildman–Crippen MR) is 72.7 cm³/mol. The van der Waals surface area contributed by atoms with Gasteiger partial charge in [0.15, 0.2) is 0 Å². The van der Waals surface area contributed by atoms with Gasteiger partial charge in [-0.1, -0.05) is 0 Å². The second-order valence-corrected chi connectivity index (χ2v) is 6.41. The SMILES string of the molecule is COC1CCCC(CN)(N2CCOC(C)(C)C2)C1. The van der Waals surface area contributed by atoms with Gasteiger partial charge < -0.3 is 15.2 Å². The number of hydrogen-bond acceptors (Lipinski definition) is 4. The smallest absolute Gasteiger partial charge is 0.0753 e. The summed E-state index contributed by atoms with van der Waals surface area (Å²) in [6.45, 7) is 7.84. The van der Waals surface area contributed by atoms with E-state index in [1.54, 1.807) is 0 Å². The molecule has 0 radical (unpaired) electrons. The first kappa shape index (κ1) is 14.3. The van der Waals surface area contributed by atoms with Crippen LogP contribution in [0.3, 0.4) is 0 Å². The molecule has 0 amide bonds. The number of rotatable bonds is 3. The van der Waals surface area contributed by atoms with Crippen LogP contribution in [0.15, 0.2) is 0 Å². The molecule has 2 aliphatic rings. The van der Waals surface area contributed by atoms with Gasteiger partial charge in [0.05, 0.1) is 18.3 Å². The molecular weight excluding hydrogens is 228 g/mol. The molecule has 2 fully saturated rings. The normalized spacial score (nSPS) is 37.7. The molecule has 4 heteroatoms. The summed E-state index contributed by atoms with van der Waals surface area (Å²) in [4.78, 5) is 2.56. The van der Waals surface area contributed by atoms with E-state index in [1.165, 1.54) is 19.3 Å². The van der Waals surface area contributed by atoms with Crippen molar-refractivity contribution in [2.24, 2.45) is 5.73 Å². The minimum atomic E-state index is -0.0551. The third-order valence-electron chi connectivity index (χ3n) is 4.59. The van der Waals surface area contributed by atoms with Gasteiger partial charge in [-0.2, -0.15) is 0 Å². The molecule has 0 aromatic carbocycles. The van der Waals surface area contributed by atoms with Crippen LogP contribution < -0.4 is 5.73 Å². The minimum absolute atomic E-state index is 0.0551. The zero-order valence-electron chi connectivity index (χ0n) is 12.1. The fourth-order valence-corrected chi connectivity index (χ4v) is 3.51. The van der Waals surface area contributed by atoms with Crippen molar-refractivity contribution in [2.45, 2.75) is 56.8 Å². The Morgan fingerprint density at radius 3 is 2.83 bits per heavy atom. The van der Waals surface area contributed by atoms with Crippen LogP contribution in [0.2, 0.25) is 0 Å². The first-order chi connectivity index (χ1) is 8.51. The topological polar surface area (TPSA) is 47.7 Å². The third-order valence-corrected chi connectivity index (χ3v) is 4.59. The molecular formula is C14H28N2O2. The maximum absolute atomic E-state index is 6.14. The van der Waals surface area contributed by atoms with Crippen LogP contribution >= 0.6 is 0 Å². The lowest BCUT2D eigenvalue weighted by Gasteiger charge is -2.52. The largest absolute Gasteiger partial charge is 0.381 e. The molecule has 1 aliphatic heterocycles. The van der Waals surface area contributed by atoms with E-state index in [9.17, 15) is 0 Å². The molecule has 18 heavy (non-hydrogen) atoms. The maximum atomic E-state index is 6.14. The quantitative estimate of drug-likeness (QED) is 0.829. The molecule has 4 nitrogen and oxygen atoms in total. The highest BCUT2D eigenvalue weighted by atomic mass is 16.5. The van der Waals surface area contributed by atoms with Crippen LogP contribution in [-0.4, -0.2) is 55.5 Å². The average molecular weight is 256 g/mol. The second-order valence-electron chi connectivity index (χ2n) is 6.41. The molecule has 1 saturated carbocycles. The lowest BCUT2D eigenvalue weighted by Crippen LogP contribution is -2.63. The molecule has 106 valence electrons. The van der Waals surface area contributed by atoms with Crippen molar-refractivity contribution < 1.29 is 9.47 Å². The Morgan fingerprint density at radius 1 is 1.44 bits per heavy atom. The van der Waals surface area contributed by atoms with Crippen molar-refractivity contribution in [2.75, 3.05) is 33.4 Å². The van der Waals surface area contributed by atoms with E-state index in [4.69, 9.17) is 15.2 Å². The van der Waals surface area contributed by atoms with Crippen LogP contribution in [0.1, 0.15) is 39.5 Å². The molecule has 2 rings (SSSR count). The molecule has 1 saturated heterocycles. The van der Waals surface area contributed by atoms with Gasteiger partial charge in [0.25, 0.3) is 0 Å². The van der Waals surface area contributed by atoms with Crippen molar-refractivity contribution in [3.63, 3.8) is 0 Å². The van der Waals surface area contributed by atoms with Crippen molar-refractivity contribution in [3.8, 4) is 0 Å². The molecule has 1 heterocycles. The second kappa shape index (κ2) is 5.45. The first-order valence-electron chi connectivity index (χ1n) is 7.13. The van der Waals surface area contributed by atoms with E-state index in [0.717, 1.165) is 32.7 Å². The molecule has 1 aliphatic carbocycles. The molecule has 0 spiro atoms. The van der Waals surface area contributed by atoms with Crippen molar-refractivity contribution >= 4 is 0 Å². The molecule has 2 unspecified atom stereocenters. The van der Waals surface area contributed by atoms with Gasteiger partial charge in [0.1, 0.15) is 0 Å². The summed E-state index contributed by atoms with van der Waals surface area (Å²) in [6.07, 6.45) is 5.02. The Bertz CT molecular complexity index is 283. The number of nitrogens with two attached hydrogens (primary N) is 1. The number of hydrogen-bond donors (Lipinski definition) is 1. The van der Waals surface area contributed by atoms with Crippen molar-refractivity contribution in [1.82, 2.24) is 4.90 Å². The summed E-state index contributed by atoms with van der Waals surface area (Å²) >= 11 is 0. The van der Waals surface area contributed by atoms with E-state index < -0.39 is 0 Å². The molecule has 2 N–H and O–H groups in total. The van der Waals surface area contributed by atoms with Gasteiger partial charge >= 0.3 is 0 Å². The Labute approximate surface area is 111 Å². The monoisotopic (exact) mass is 256 g/mol. The van der Waals surface area contributed by atoms with E-state index in [1.807, 2.05) is 7.11 Å². The summed E-state index contributed by atoms with van der Waals surface area (Å²) in [6, 6.07) is 0. The zero-order valence-corrected chi connectivity index (χ0v) is 12.1. The summed E-state index contributed by atoms with van der Waals surface area (Å²) in [5.41, 5.74) is 6.21. The number of methoxy groups -OCH3 is 1. The van der Waals surface area contributed by atoms with Crippen LogP contribution in [0.5, 0.6) is 0 Å².